The van der Waals surface area contributed by atoms with Gasteiger partial charge in [0.05, 0.1) is 14.2 Å². The number of amides is 2. The Kier molecular flexibility index (Phi) is 3.38. The van der Waals surface area contributed by atoms with E-state index in [0.717, 1.165) is 0 Å². The number of carbonyl (C=O) groups is 3. The predicted octanol–water partition coefficient (Wildman–Crippen LogP) is -0.0537. The molecule has 2 aliphatic heterocycles. The van der Waals surface area contributed by atoms with E-state index in [9.17, 15) is 14.4 Å². The van der Waals surface area contributed by atoms with Crippen molar-refractivity contribution in [2.75, 3.05) is 14.2 Å². The molecule has 0 spiro atoms. The van der Waals surface area contributed by atoms with Crippen molar-refractivity contribution in [2.24, 2.45) is 0 Å². The molecule has 2 unspecified atom stereocenters. The average molecular weight is 288 g/mol. The Morgan fingerprint density at radius 2 is 1.84 bits per heavy atom. The fourth-order valence-electron chi connectivity index (χ4n) is 2.47. The first-order valence-electron chi connectivity index (χ1n) is 5.75. The van der Waals surface area contributed by atoms with Crippen LogP contribution in [0.4, 0.5) is 4.79 Å². The van der Waals surface area contributed by atoms with Crippen LogP contribution in [0.5, 0.6) is 0 Å². The van der Waals surface area contributed by atoms with Crippen LogP contribution in [0.15, 0.2) is 0 Å². The second-order valence-corrected chi connectivity index (χ2v) is 6.67. The van der Waals surface area contributed by atoms with Crippen LogP contribution in [0.3, 0.4) is 0 Å². The summed E-state index contributed by atoms with van der Waals surface area (Å²) in [4.78, 5) is 36.9. The number of ether oxygens (including phenoxy) is 2. The van der Waals surface area contributed by atoms with Gasteiger partial charge in [0.25, 0.3) is 0 Å². The molecule has 7 nitrogen and oxygen atoms in total. The van der Waals surface area contributed by atoms with E-state index in [1.54, 1.807) is 0 Å². The Balaban J connectivity index is 2.34. The first-order chi connectivity index (χ1) is 8.83. The van der Waals surface area contributed by atoms with Gasteiger partial charge in [0.2, 0.25) is 0 Å². The summed E-state index contributed by atoms with van der Waals surface area (Å²) >= 11 is 1.39. The fourth-order valence-corrected chi connectivity index (χ4v) is 4.07. The molecular weight excluding hydrogens is 272 g/mol. The maximum absolute atomic E-state index is 12.0. The Bertz CT molecular complexity index is 439. The third kappa shape index (κ3) is 2.03. The smallest absolute Gasteiger partial charge is 0.331 e. The van der Waals surface area contributed by atoms with Crippen LogP contribution in [0.2, 0.25) is 0 Å². The summed E-state index contributed by atoms with van der Waals surface area (Å²) in [5.74, 6) is -1.00. The van der Waals surface area contributed by atoms with Gasteiger partial charge in [-0.3, -0.25) is 4.90 Å². The summed E-state index contributed by atoms with van der Waals surface area (Å²) < 4.78 is 8.90. The summed E-state index contributed by atoms with van der Waals surface area (Å²) in [5.41, 5.74) is 0. The van der Waals surface area contributed by atoms with E-state index in [2.05, 4.69) is 10.1 Å². The van der Waals surface area contributed by atoms with Gasteiger partial charge in [-0.1, -0.05) is 0 Å². The van der Waals surface area contributed by atoms with Crippen LogP contribution in [-0.2, 0) is 19.1 Å². The fraction of sp³-hybridized carbons (Fsp3) is 0.727. The van der Waals surface area contributed by atoms with Crippen LogP contribution < -0.4 is 5.32 Å². The van der Waals surface area contributed by atoms with E-state index in [1.807, 2.05) is 13.8 Å². The van der Waals surface area contributed by atoms with Gasteiger partial charge in [-0.2, -0.15) is 0 Å². The Morgan fingerprint density at radius 3 is 2.37 bits per heavy atom. The van der Waals surface area contributed by atoms with Gasteiger partial charge in [0, 0.05) is 4.75 Å². The molecule has 1 N–H and O–H groups in total. The number of urea groups is 1. The molecule has 106 valence electrons. The summed E-state index contributed by atoms with van der Waals surface area (Å²) in [6.45, 7) is 3.69. The lowest BCUT2D eigenvalue weighted by molar-refractivity contribution is -0.147. The van der Waals surface area contributed by atoms with E-state index in [-0.39, 0.29) is 0 Å². The second-order valence-electron chi connectivity index (χ2n) is 4.90. The maximum Gasteiger partial charge on any atom is 0.331 e. The molecule has 2 aliphatic rings. The second kappa shape index (κ2) is 4.59. The molecule has 0 bridgehead atoms. The zero-order valence-electron chi connectivity index (χ0n) is 11.1. The molecule has 2 heterocycles. The quantitative estimate of drug-likeness (QED) is 0.717. The maximum atomic E-state index is 12.0. The number of methoxy groups -OCH3 is 2. The number of rotatable bonds is 2. The average Bonchev–Trinajstić information content (AvgIpc) is 2.80. The lowest BCUT2D eigenvalue weighted by Gasteiger charge is -2.27. The van der Waals surface area contributed by atoms with Gasteiger partial charge in [-0.15, -0.1) is 11.8 Å². The molecule has 2 saturated heterocycles. The van der Waals surface area contributed by atoms with Crippen LogP contribution in [0, 0.1) is 0 Å². The third-order valence-electron chi connectivity index (χ3n) is 3.31. The van der Waals surface area contributed by atoms with Crippen molar-refractivity contribution < 1.29 is 23.9 Å². The summed E-state index contributed by atoms with van der Waals surface area (Å²) in [5, 5.41) is 2.08. The monoisotopic (exact) mass is 288 g/mol. The molecule has 0 saturated carbocycles. The molecular formula is C11H16N2O5S. The molecule has 19 heavy (non-hydrogen) atoms. The van der Waals surface area contributed by atoms with Gasteiger partial charge < -0.3 is 14.8 Å². The number of carbonyl (C=O) groups excluding carboxylic acids is 3. The summed E-state index contributed by atoms with van der Waals surface area (Å²) in [7, 11) is 2.54. The van der Waals surface area contributed by atoms with E-state index in [4.69, 9.17) is 4.74 Å². The molecule has 8 heteroatoms. The Hall–Kier alpha value is -1.44. The van der Waals surface area contributed by atoms with E-state index >= 15 is 0 Å². The lowest BCUT2D eigenvalue weighted by atomic mass is 10.0. The van der Waals surface area contributed by atoms with E-state index in [1.165, 1.54) is 30.9 Å². The number of hydrogen-bond donors (Lipinski definition) is 1. The number of nitrogens with one attached hydrogen (secondary N) is 1. The zero-order valence-corrected chi connectivity index (χ0v) is 11.9. The van der Waals surface area contributed by atoms with Gasteiger partial charge in [-0.25, -0.2) is 14.4 Å². The summed E-state index contributed by atoms with van der Waals surface area (Å²) in [6, 6.07) is -1.94. The van der Waals surface area contributed by atoms with Crippen LogP contribution in [-0.4, -0.2) is 59.3 Å². The third-order valence-corrected chi connectivity index (χ3v) is 4.89. The number of nitrogens with zero attached hydrogens (tertiary/aromatic N) is 1. The van der Waals surface area contributed by atoms with Crippen molar-refractivity contribution in [1.82, 2.24) is 10.2 Å². The zero-order chi connectivity index (χ0) is 14.4. The largest absolute Gasteiger partial charge is 0.467 e. The minimum Gasteiger partial charge on any atom is -0.467 e. The highest BCUT2D eigenvalue weighted by molar-refractivity contribution is 8.01. The predicted molar refractivity (Wildman–Crippen MR) is 67.4 cm³/mol. The molecule has 2 rings (SSSR count). The molecule has 3 atom stereocenters. The van der Waals surface area contributed by atoms with Gasteiger partial charge in [0.15, 0.2) is 6.04 Å². The Morgan fingerprint density at radius 1 is 1.26 bits per heavy atom. The van der Waals surface area contributed by atoms with Crippen LogP contribution in [0.25, 0.3) is 0 Å². The van der Waals surface area contributed by atoms with Crippen molar-refractivity contribution in [2.45, 2.75) is 36.1 Å². The van der Waals surface area contributed by atoms with E-state index < -0.39 is 40.2 Å². The highest BCUT2D eigenvalue weighted by atomic mass is 32.2. The van der Waals surface area contributed by atoms with Gasteiger partial charge >= 0.3 is 18.0 Å². The van der Waals surface area contributed by atoms with Crippen molar-refractivity contribution in [3.63, 3.8) is 0 Å². The molecule has 0 aliphatic carbocycles. The van der Waals surface area contributed by atoms with E-state index in [0.29, 0.717) is 0 Å². The number of esters is 2. The first kappa shape index (κ1) is 14.0. The van der Waals surface area contributed by atoms with Crippen LogP contribution in [0.1, 0.15) is 13.8 Å². The Labute approximate surface area is 115 Å². The molecule has 0 aromatic heterocycles. The van der Waals surface area contributed by atoms with Gasteiger partial charge in [-0.05, 0) is 13.8 Å². The normalized spacial score (nSPS) is 31.7. The minimum atomic E-state index is -0.767. The molecule has 0 radical (unpaired) electrons. The van der Waals surface area contributed by atoms with Crippen molar-refractivity contribution in [3.8, 4) is 0 Å². The minimum absolute atomic E-state index is 0.450. The van der Waals surface area contributed by atoms with Crippen molar-refractivity contribution >= 4 is 29.7 Å². The van der Waals surface area contributed by atoms with Crippen molar-refractivity contribution in [1.29, 1.82) is 0 Å². The standard InChI is InChI=1S/C11H16N2O5S/c1-11(2)6(9(15)18-4)13-7(19-11)5(8(14)17-3)12-10(13)16/h5-7H,1-4H3,(H,12,16)/t5?,6?,7-/m1/s1. The van der Waals surface area contributed by atoms with Crippen molar-refractivity contribution in [3.05, 3.63) is 0 Å². The first-order valence-corrected chi connectivity index (χ1v) is 6.63. The topological polar surface area (TPSA) is 84.9 Å². The number of thioether (sulfide) groups is 1. The summed E-state index contributed by atoms with van der Waals surface area (Å²) in [6.07, 6.45) is 0. The lowest BCUT2D eigenvalue weighted by Crippen LogP contribution is -2.49. The highest BCUT2D eigenvalue weighted by Gasteiger charge is 2.61. The molecule has 0 aromatic rings. The molecule has 0 aromatic carbocycles. The molecule has 2 amide bonds. The van der Waals surface area contributed by atoms with Gasteiger partial charge in [0.1, 0.15) is 11.4 Å². The number of fused-ring (bicyclic) bond motifs is 1. The highest BCUT2D eigenvalue weighted by Crippen LogP contribution is 2.48. The molecule has 2 fully saturated rings. The SMILES string of the molecule is COC(=O)C1NC(=O)N2C(C(=O)OC)C(C)(C)S[C@H]12. The van der Waals surface area contributed by atoms with Crippen LogP contribution >= 0.6 is 11.8 Å². The number of hydrogen-bond acceptors (Lipinski definition) is 6.